The summed E-state index contributed by atoms with van der Waals surface area (Å²) in [4.78, 5) is 2.36. The minimum absolute atomic E-state index is 0. The molecule has 0 bridgehead atoms. The van der Waals surface area contributed by atoms with Crippen LogP contribution in [-0.4, -0.2) is 37.2 Å². The lowest BCUT2D eigenvalue weighted by molar-refractivity contribution is 0.171. The van der Waals surface area contributed by atoms with E-state index in [2.05, 4.69) is 20.8 Å². The minimum Gasteiger partial charge on any atom is -0.491 e. The Hall–Kier alpha value is -0.0000000000000000555. The van der Waals surface area contributed by atoms with Gasteiger partial charge in [-0.15, -0.1) is 12.4 Å². The highest BCUT2D eigenvalue weighted by Gasteiger charge is 2.16. The molecule has 1 aliphatic heterocycles. The van der Waals surface area contributed by atoms with Crippen LogP contribution in [0.4, 0.5) is 0 Å². The Labute approximate surface area is 134 Å². The molecule has 3 nitrogen and oxygen atoms in total. The molecule has 1 fully saturated rings. The second kappa shape index (κ2) is 8.32. The van der Waals surface area contributed by atoms with Gasteiger partial charge in [0.15, 0.2) is 0 Å². The molecule has 1 heterocycles. The van der Waals surface area contributed by atoms with Crippen molar-refractivity contribution in [3.05, 3.63) is 27.7 Å². The van der Waals surface area contributed by atoms with Crippen molar-refractivity contribution in [1.82, 2.24) is 4.90 Å². The number of piperidine rings is 1. The van der Waals surface area contributed by atoms with Crippen LogP contribution in [0.2, 0.25) is 5.02 Å². The molecule has 2 rings (SSSR count). The van der Waals surface area contributed by atoms with Gasteiger partial charge in [-0.25, -0.2) is 0 Å². The van der Waals surface area contributed by atoms with Gasteiger partial charge >= 0.3 is 0 Å². The van der Waals surface area contributed by atoms with E-state index in [1.54, 1.807) is 0 Å². The Kier molecular flexibility index (Phi) is 7.47. The van der Waals surface area contributed by atoms with E-state index in [-0.39, 0.29) is 12.4 Å². The van der Waals surface area contributed by atoms with E-state index in [1.165, 1.54) is 6.42 Å². The van der Waals surface area contributed by atoms with Gasteiger partial charge in [-0.3, -0.25) is 4.90 Å². The van der Waals surface area contributed by atoms with Crippen LogP contribution in [0.3, 0.4) is 0 Å². The summed E-state index contributed by atoms with van der Waals surface area (Å²) in [6.45, 7) is 3.69. The van der Waals surface area contributed by atoms with E-state index in [0.29, 0.717) is 17.7 Å². The Morgan fingerprint density at radius 2 is 2.26 bits per heavy atom. The average molecular weight is 370 g/mol. The normalized spacial score (nSPS) is 19.8. The summed E-state index contributed by atoms with van der Waals surface area (Å²) in [5.74, 6) is 0.834. The predicted molar refractivity (Wildman–Crippen MR) is 85.5 cm³/mol. The van der Waals surface area contributed by atoms with Crippen molar-refractivity contribution in [1.29, 1.82) is 0 Å². The zero-order valence-electron chi connectivity index (χ0n) is 10.6. The summed E-state index contributed by atoms with van der Waals surface area (Å²) in [6, 6.07) is 5.88. The zero-order valence-corrected chi connectivity index (χ0v) is 13.8. The van der Waals surface area contributed by atoms with Gasteiger partial charge < -0.3 is 10.5 Å². The van der Waals surface area contributed by atoms with E-state index >= 15 is 0 Å². The smallest absolute Gasteiger partial charge is 0.133 e. The van der Waals surface area contributed by atoms with Crippen LogP contribution in [0, 0.1) is 0 Å². The maximum Gasteiger partial charge on any atom is 0.133 e. The molecule has 0 spiro atoms. The molecule has 0 amide bonds. The van der Waals surface area contributed by atoms with Gasteiger partial charge in [-0.2, -0.15) is 0 Å². The molecule has 1 aliphatic rings. The van der Waals surface area contributed by atoms with Crippen LogP contribution in [0.25, 0.3) is 0 Å². The Morgan fingerprint density at radius 1 is 1.47 bits per heavy atom. The minimum atomic E-state index is 0. The van der Waals surface area contributed by atoms with Gasteiger partial charge in [0.05, 0.1) is 4.47 Å². The van der Waals surface area contributed by atoms with Crippen molar-refractivity contribution in [3.8, 4) is 5.75 Å². The molecule has 0 radical (unpaired) electrons. The lowest BCUT2D eigenvalue weighted by atomic mass is 10.1. The first-order valence-electron chi connectivity index (χ1n) is 6.21. The summed E-state index contributed by atoms with van der Waals surface area (Å²) in [5.41, 5.74) is 5.94. The quantitative estimate of drug-likeness (QED) is 0.884. The van der Waals surface area contributed by atoms with Crippen LogP contribution in [0.15, 0.2) is 22.7 Å². The molecule has 1 atom stereocenters. The van der Waals surface area contributed by atoms with Crippen molar-refractivity contribution >= 4 is 39.9 Å². The van der Waals surface area contributed by atoms with E-state index < -0.39 is 0 Å². The van der Waals surface area contributed by atoms with Gasteiger partial charge in [-0.05, 0) is 53.5 Å². The van der Waals surface area contributed by atoms with E-state index in [9.17, 15) is 0 Å². The van der Waals surface area contributed by atoms with Crippen molar-refractivity contribution in [2.45, 2.75) is 18.9 Å². The molecule has 108 valence electrons. The topological polar surface area (TPSA) is 38.5 Å². The molecule has 0 saturated carbocycles. The molecule has 0 aromatic heterocycles. The third kappa shape index (κ3) is 5.48. The largest absolute Gasteiger partial charge is 0.491 e. The number of rotatable bonds is 4. The second-order valence-corrected chi connectivity index (χ2v) is 5.92. The van der Waals surface area contributed by atoms with Crippen molar-refractivity contribution in [2.24, 2.45) is 5.73 Å². The number of ether oxygens (including phenoxy) is 1. The Morgan fingerprint density at radius 3 is 2.95 bits per heavy atom. The molecule has 0 unspecified atom stereocenters. The van der Waals surface area contributed by atoms with Gasteiger partial charge in [0.25, 0.3) is 0 Å². The molecular formula is C13H19BrCl2N2O. The first-order chi connectivity index (χ1) is 8.65. The fourth-order valence-corrected chi connectivity index (χ4v) is 2.97. The van der Waals surface area contributed by atoms with Crippen LogP contribution >= 0.6 is 39.9 Å². The molecule has 6 heteroatoms. The molecule has 1 aromatic carbocycles. The number of nitrogens with zero attached hydrogens (tertiary/aromatic N) is 1. The molecule has 19 heavy (non-hydrogen) atoms. The highest BCUT2D eigenvalue weighted by Crippen LogP contribution is 2.27. The monoisotopic (exact) mass is 368 g/mol. The fourth-order valence-electron chi connectivity index (χ4n) is 2.17. The lowest BCUT2D eigenvalue weighted by Crippen LogP contribution is -2.44. The molecule has 1 aromatic rings. The SMILES string of the molecule is Cl.N[C@@H]1CCCN(CCOc2ccc(Cl)cc2Br)C1. The second-order valence-electron chi connectivity index (χ2n) is 4.63. The molecule has 0 aliphatic carbocycles. The van der Waals surface area contributed by atoms with Crippen molar-refractivity contribution < 1.29 is 4.74 Å². The van der Waals surface area contributed by atoms with Gasteiger partial charge in [-0.1, -0.05) is 11.6 Å². The number of hydrogen-bond acceptors (Lipinski definition) is 3. The average Bonchev–Trinajstić information content (AvgIpc) is 2.32. The molecule has 1 saturated heterocycles. The summed E-state index contributed by atoms with van der Waals surface area (Å²) in [7, 11) is 0. The van der Waals surface area contributed by atoms with Gasteiger partial charge in [0.2, 0.25) is 0 Å². The van der Waals surface area contributed by atoms with Crippen molar-refractivity contribution in [2.75, 3.05) is 26.2 Å². The Bertz CT molecular complexity index is 406. The third-order valence-corrected chi connectivity index (χ3v) is 3.96. The number of benzene rings is 1. The predicted octanol–water partition coefficient (Wildman–Crippen LogP) is 3.33. The zero-order chi connectivity index (χ0) is 13.0. The first-order valence-corrected chi connectivity index (χ1v) is 7.38. The van der Waals surface area contributed by atoms with Gasteiger partial charge in [0.1, 0.15) is 12.4 Å². The number of likely N-dealkylation sites (tertiary alicyclic amines) is 1. The van der Waals surface area contributed by atoms with Crippen molar-refractivity contribution in [3.63, 3.8) is 0 Å². The summed E-state index contributed by atoms with van der Waals surface area (Å²) >= 11 is 9.32. The lowest BCUT2D eigenvalue weighted by Gasteiger charge is -2.30. The van der Waals surface area contributed by atoms with E-state index in [0.717, 1.165) is 36.3 Å². The van der Waals surface area contributed by atoms with Crippen LogP contribution in [0.5, 0.6) is 5.75 Å². The van der Waals surface area contributed by atoms with Crippen LogP contribution in [-0.2, 0) is 0 Å². The molecule has 2 N–H and O–H groups in total. The third-order valence-electron chi connectivity index (χ3n) is 3.10. The summed E-state index contributed by atoms with van der Waals surface area (Å²) in [5, 5.41) is 0.705. The standard InChI is InChI=1S/C13H18BrClN2O.ClH/c14-12-8-10(15)3-4-13(12)18-7-6-17-5-1-2-11(16)9-17;/h3-4,8,11H,1-2,5-7,9,16H2;1H/t11-;/m1./s1. The maximum atomic E-state index is 5.94. The summed E-state index contributed by atoms with van der Waals surface area (Å²) < 4.78 is 6.64. The molecular weight excluding hydrogens is 351 g/mol. The Balaban J connectivity index is 0.00000180. The highest BCUT2D eigenvalue weighted by molar-refractivity contribution is 9.10. The van der Waals surface area contributed by atoms with E-state index in [4.69, 9.17) is 22.1 Å². The highest BCUT2D eigenvalue weighted by atomic mass is 79.9. The maximum absolute atomic E-state index is 5.94. The number of hydrogen-bond donors (Lipinski definition) is 1. The first kappa shape index (κ1) is 17.1. The van der Waals surface area contributed by atoms with Crippen LogP contribution in [0.1, 0.15) is 12.8 Å². The van der Waals surface area contributed by atoms with Crippen LogP contribution < -0.4 is 10.5 Å². The number of nitrogens with two attached hydrogens (primary N) is 1. The summed E-state index contributed by atoms with van der Waals surface area (Å²) in [6.07, 6.45) is 2.33. The van der Waals surface area contributed by atoms with E-state index in [1.807, 2.05) is 18.2 Å². The fraction of sp³-hybridized carbons (Fsp3) is 0.538. The van der Waals surface area contributed by atoms with Gasteiger partial charge in [0, 0.05) is 24.2 Å². The number of halogens is 3.